The van der Waals surface area contributed by atoms with Crippen molar-refractivity contribution in [3.8, 4) is 5.88 Å². The van der Waals surface area contributed by atoms with Gasteiger partial charge in [-0.05, 0) is 26.7 Å². The van der Waals surface area contributed by atoms with E-state index in [1.807, 2.05) is 11.8 Å². The molecule has 1 aromatic heterocycles. The minimum absolute atomic E-state index is 0.170. The van der Waals surface area contributed by atoms with Gasteiger partial charge >= 0.3 is 0 Å². The Hall–Kier alpha value is -2.05. The summed E-state index contributed by atoms with van der Waals surface area (Å²) < 4.78 is 5.38. The third-order valence-corrected chi connectivity index (χ3v) is 3.66. The van der Waals surface area contributed by atoms with Gasteiger partial charge in [-0.3, -0.25) is 4.79 Å². The number of aromatic nitrogens is 2. The normalized spacial score (nSPS) is 22.6. The number of nitrogens with zero attached hydrogens (tertiary/aromatic N) is 3. The molecule has 2 rings (SSSR count). The lowest BCUT2D eigenvalue weighted by atomic mass is 9.93. The maximum Gasteiger partial charge on any atom is 0.242 e. The van der Waals surface area contributed by atoms with Gasteiger partial charge in [0.05, 0.1) is 12.5 Å². The molecule has 4 N–H and O–H groups in total. The number of primary amides is 1. The number of hydrogen-bond donors (Lipinski definition) is 2. The van der Waals surface area contributed by atoms with E-state index in [9.17, 15) is 4.79 Å². The fraction of sp³-hybridized carbons (Fsp3) is 0.615. The van der Waals surface area contributed by atoms with Crippen LogP contribution in [0.1, 0.15) is 26.7 Å². The van der Waals surface area contributed by atoms with Crippen LogP contribution in [0.2, 0.25) is 0 Å². The molecule has 0 radical (unpaired) electrons. The number of nitrogens with two attached hydrogens (primary N) is 2. The SMILES string of the molecule is CCOc1ncnc(N2CC(C(N)=O)CCC2C)c1N. The summed E-state index contributed by atoms with van der Waals surface area (Å²) in [5.41, 5.74) is 11.9. The number of rotatable bonds is 4. The second kappa shape index (κ2) is 5.94. The number of anilines is 2. The number of amides is 1. The van der Waals surface area contributed by atoms with Crippen LogP contribution < -0.4 is 21.1 Å². The highest BCUT2D eigenvalue weighted by atomic mass is 16.5. The zero-order valence-corrected chi connectivity index (χ0v) is 11.9. The van der Waals surface area contributed by atoms with E-state index in [2.05, 4.69) is 16.9 Å². The van der Waals surface area contributed by atoms with Crippen LogP contribution in [0, 0.1) is 5.92 Å². The van der Waals surface area contributed by atoms with Crippen molar-refractivity contribution in [3.05, 3.63) is 6.33 Å². The second-order valence-corrected chi connectivity index (χ2v) is 5.03. The van der Waals surface area contributed by atoms with Crippen LogP contribution in [-0.4, -0.2) is 35.1 Å². The number of piperidine rings is 1. The highest BCUT2D eigenvalue weighted by molar-refractivity contribution is 5.78. The van der Waals surface area contributed by atoms with Gasteiger partial charge in [0, 0.05) is 12.6 Å². The third kappa shape index (κ3) is 2.76. The summed E-state index contributed by atoms with van der Waals surface area (Å²) in [5, 5.41) is 0. The first-order valence-corrected chi connectivity index (χ1v) is 6.83. The van der Waals surface area contributed by atoms with Gasteiger partial charge in [0.15, 0.2) is 5.82 Å². The molecular formula is C13H21N5O2. The number of ether oxygens (including phenoxy) is 1. The molecule has 1 aliphatic heterocycles. The van der Waals surface area contributed by atoms with Crippen molar-refractivity contribution in [3.63, 3.8) is 0 Å². The highest BCUT2D eigenvalue weighted by Crippen LogP contribution is 2.33. The molecule has 1 aromatic rings. The lowest BCUT2D eigenvalue weighted by Gasteiger charge is -2.38. The number of carbonyl (C=O) groups excluding carboxylic acids is 1. The molecule has 2 atom stereocenters. The summed E-state index contributed by atoms with van der Waals surface area (Å²) in [5.74, 6) is 0.545. The molecule has 1 fully saturated rings. The van der Waals surface area contributed by atoms with Crippen molar-refractivity contribution in [2.75, 3.05) is 23.8 Å². The monoisotopic (exact) mass is 279 g/mol. The molecule has 2 unspecified atom stereocenters. The molecule has 1 saturated heterocycles. The summed E-state index contributed by atoms with van der Waals surface area (Å²) in [6.45, 7) is 4.97. The fourth-order valence-electron chi connectivity index (χ4n) is 2.49. The van der Waals surface area contributed by atoms with Crippen LogP contribution in [0.4, 0.5) is 11.5 Å². The van der Waals surface area contributed by atoms with Gasteiger partial charge in [-0.1, -0.05) is 0 Å². The Morgan fingerprint density at radius 2 is 2.25 bits per heavy atom. The molecule has 0 spiro atoms. The van der Waals surface area contributed by atoms with Gasteiger partial charge in [0.1, 0.15) is 12.0 Å². The molecule has 1 aliphatic rings. The van der Waals surface area contributed by atoms with E-state index in [1.54, 1.807) is 0 Å². The van der Waals surface area contributed by atoms with Crippen LogP contribution in [0.5, 0.6) is 5.88 Å². The minimum atomic E-state index is -0.278. The fourth-order valence-corrected chi connectivity index (χ4v) is 2.49. The number of carbonyl (C=O) groups is 1. The molecule has 0 bridgehead atoms. The van der Waals surface area contributed by atoms with E-state index in [-0.39, 0.29) is 17.9 Å². The Bertz CT molecular complexity index is 494. The molecule has 2 heterocycles. The van der Waals surface area contributed by atoms with E-state index >= 15 is 0 Å². The van der Waals surface area contributed by atoms with E-state index in [4.69, 9.17) is 16.2 Å². The summed E-state index contributed by atoms with van der Waals surface area (Å²) in [6.07, 6.45) is 3.11. The summed E-state index contributed by atoms with van der Waals surface area (Å²) in [6, 6.07) is 0.247. The molecular weight excluding hydrogens is 258 g/mol. The van der Waals surface area contributed by atoms with Crippen molar-refractivity contribution < 1.29 is 9.53 Å². The Labute approximate surface area is 118 Å². The van der Waals surface area contributed by atoms with Gasteiger partial charge in [-0.15, -0.1) is 0 Å². The largest absolute Gasteiger partial charge is 0.476 e. The Kier molecular flexibility index (Phi) is 4.26. The van der Waals surface area contributed by atoms with Crippen molar-refractivity contribution >= 4 is 17.4 Å². The minimum Gasteiger partial charge on any atom is -0.476 e. The third-order valence-electron chi connectivity index (χ3n) is 3.66. The maximum atomic E-state index is 11.4. The quantitative estimate of drug-likeness (QED) is 0.833. The van der Waals surface area contributed by atoms with Crippen LogP contribution in [0.3, 0.4) is 0 Å². The second-order valence-electron chi connectivity index (χ2n) is 5.03. The average Bonchev–Trinajstić information content (AvgIpc) is 2.42. The highest BCUT2D eigenvalue weighted by Gasteiger charge is 2.31. The average molecular weight is 279 g/mol. The first kappa shape index (κ1) is 14.4. The van der Waals surface area contributed by atoms with E-state index in [1.165, 1.54) is 6.33 Å². The van der Waals surface area contributed by atoms with Crippen molar-refractivity contribution in [1.82, 2.24) is 9.97 Å². The van der Waals surface area contributed by atoms with Crippen molar-refractivity contribution in [1.29, 1.82) is 0 Å². The smallest absolute Gasteiger partial charge is 0.242 e. The zero-order chi connectivity index (χ0) is 14.7. The lowest BCUT2D eigenvalue weighted by Crippen LogP contribution is -2.46. The summed E-state index contributed by atoms with van der Waals surface area (Å²) in [7, 11) is 0. The molecule has 20 heavy (non-hydrogen) atoms. The molecule has 0 aliphatic carbocycles. The Morgan fingerprint density at radius 3 is 2.90 bits per heavy atom. The number of hydrogen-bond acceptors (Lipinski definition) is 6. The molecule has 110 valence electrons. The van der Waals surface area contributed by atoms with Gasteiger partial charge < -0.3 is 21.1 Å². The zero-order valence-electron chi connectivity index (χ0n) is 11.9. The maximum absolute atomic E-state index is 11.4. The Morgan fingerprint density at radius 1 is 1.50 bits per heavy atom. The van der Waals surface area contributed by atoms with E-state index < -0.39 is 0 Å². The molecule has 0 aromatic carbocycles. The van der Waals surface area contributed by atoms with Gasteiger partial charge in [0.25, 0.3) is 0 Å². The van der Waals surface area contributed by atoms with Crippen LogP contribution in [0.25, 0.3) is 0 Å². The molecule has 0 saturated carbocycles. The predicted molar refractivity (Wildman–Crippen MR) is 76.3 cm³/mol. The standard InChI is InChI=1S/C13H21N5O2/c1-3-20-13-10(14)12(16-7-17-13)18-6-9(11(15)19)5-4-8(18)2/h7-9H,3-6,14H2,1-2H3,(H2,15,19). The van der Waals surface area contributed by atoms with Crippen molar-refractivity contribution in [2.45, 2.75) is 32.7 Å². The number of nitrogen functional groups attached to an aromatic ring is 1. The van der Waals surface area contributed by atoms with Gasteiger partial charge in [-0.2, -0.15) is 4.98 Å². The Balaban J connectivity index is 2.29. The molecule has 1 amide bonds. The van der Waals surface area contributed by atoms with Gasteiger partial charge in [0.2, 0.25) is 11.8 Å². The van der Waals surface area contributed by atoms with Crippen LogP contribution >= 0.6 is 0 Å². The van der Waals surface area contributed by atoms with E-state index in [0.717, 1.165) is 12.8 Å². The van der Waals surface area contributed by atoms with Crippen LogP contribution in [0.15, 0.2) is 6.33 Å². The van der Waals surface area contributed by atoms with Gasteiger partial charge in [-0.25, -0.2) is 4.98 Å². The predicted octanol–water partition coefficient (Wildman–Crippen LogP) is 0.548. The summed E-state index contributed by atoms with van der Waals surface area (Å²) in [4.78, 5) is 21.7. The van der Waals surface area contributed by atoms with Crippen molar-refractivity contribution in [2.24, 2.45) is 11.7 Å². The summed E-state index contributed by atoms with van der Waals surface area (Å²) >= 11 is 0. The first-order chi connectivity index (χ1) is 9.54. The van der Waals surface area contributed by atoms with Crippen LogP contribution in [-0.2, 0) is 4.79 Å². The van der Waals surface area contributed by atoms with E-state index in [0.29, 0.717) is 30.5 Å². The lowest BCUT2D eigenvalue weighted by molar-refractivity contribution is -0.122. The molecule has 7 nitrogen and oxygen atoms in total. The first-order valence-electron chi connectivity index (χ1n) is 6.83. The topological polar surface area (TPSA) is 107 Å². The molecule has 7 heteroatoms.